The molecule has 0 aromatic heterocycles. The van der Waals surface area contributed by atoms with E-state index in [4.69, 9.17) is 10.5 Å². The number of rotatable bonds is 9. The third kappa shape index (κ3) is 8.07. The van der Waals surface area contributed by atoms with Gasteiger partial charge < -0.3 is 20.7 Å². The summed E-state index contributed by atoms with van der Waals surface area (Å²) in [7, 11) is 0. The second-order valence-corrected chi connectivity index (χ2v) is 7.61. The number of halogens is 1. The molecule has 1 aliphatic rings. The first-order valence-corrected chi connectivity index (χ1v) is 9.97. The lowest BCUT2D eigenvalue weighted by atomic mass is 10.0. The summed E-state index contributed by atoms with van der Waals surface area (Å²) in [5.74, 6) is 1.38. The monoisotopic (exact) mass is 411 g/mol. The largest absolute Gasteiger partial charge is 0.493 e. The first-order valence-electron chi connectivity index (χ1n) is 9.97. The molecule has 0 bridgehead atoms. The zero-order chi connectivity index (χ0) is 19.6. The van der Waals surface area contributed by atoms with Crippen molar-refractivity contribution in [3.63, 3.8) is 0 Å². The van der Waals surface area contributed by atoms with Gasteiger partial charge in [0.05, 0.1) is 13.0 Å². The van der Waals surface area contributed by atoms with Gasteiger partial charge in [0.25, 0.3) is 0 Å². The number of hydrogen-bond acceptors (Lipinski definition) is 4. The maximum Gasteiger partial charge on any atom is 0.227 e. The average molecular weight is 412 g/mol. The molecule has 7 heteroatoms. The zero-order valence-electron chi connectivity index (χ0n) is 17.0. The Kier molecular flexibility index (Phi) is 10.9. The van der Waals surface area contributed by atoms with Crippen molar-refractivity contribution in [1.82, 2.24) is 10.2 Å². The Morgan fingerprint density at radius 1 is 1.25 bits per heavy atom. The highest BCUT2D eigenvalue weighted by Gasteiger charge is 2.26. The lowest BCUT2D eigenvalue weighted by Crippen LogP contribution is -2.50. The van der Waals surface area contributed by atoms with Gasteiger partial charge in [0.15, 0.2) is 0 Å². The van der Waals surface area contributed by atoms with E-state index in [2.05, 4.69) is 19.2 Å². The molecule has 1 atom stereocenters. The number of hydrogen-bond donors (Lipinski definition) is 2. The Bertz CT molecular complexity index is 607. The van der Waals surface area contributed by atoms with Gasteiger partial charge in [-0.25, -0.2) is 0 Å². The van der Waals surface area contributed by atoms with Crippen LogP contribution in [0.1, 0.15) is 45.1 Å². The van der Waals surface area contributed by atoms with E-state index in [1.165, 1.54) is 0 Å². The van der Waals surface area contributed by atoms with Crippen LogP contribution in [-0.4, -0.2) is 49.0 Å². The van der Waals surface area contributed by atoms with Crippen molar-refractivity contribution in [3.8, 4) is 5.75 Å². The van der Waals surface area contributed by atoms with Crippen LogP contribution in [0.2, 0.25) is 0 Å². The summed E-state index contributed by atoms with van der Waals surface area (Å²) in [5, 5.41) is 2.90. The van der Waals surface area contributed by atoms with E-state index in [9.17, 15) is 9.59 Å². The molecule has 0 spiro atoms. The minimum absolute atomic E-state index is 0. The number of amides is 2. The summed E-state index contributed by atoms with van der Waals surface area (Å²) in [5.41, 5.74) is 6.39. The van der Waals surface area contributed by atoms with Crippen molar-refractivity contribution in [2.24, 2.45) is 11.7 Å². The molecule has 1 saturated heterocycles. The maximum atomic E-state index is 12.8. The van der Waals surface area contributed by atoms with Crippen LogP contribution >= 0.6 is 12.4 Å². The molecule has 3 N–H and O–H groups in total. The molecule has 1 aliphatic heterocycles. The minimum Gasteiger partial charge on any atom is -0.493 e. The van der Waals surface area contributed by atoms with Crippen LogP contribution in [0.3, 0.4) is 0 Å². The van der Waals surface area contributed by atoms with Crippen molar-refractivity contribution < 1.29 is 14.3 Å². The Morgan fingerprint density at radius 2 is 1.96 bits per heavy atom. The molecule has 158 valence electrons. The highest BCUT2D eigenvalue weighted by molar-refractivity contribution is 5.85. The van der Waals surface area contributed by atoms with Crippen LogP contribution in [0.25, 0.3) is 0 Å². The Morgan fingerprint density at radius 3 is 2.61 bits per heavy atom. The molecule has 1 aromatic rings. The SMILES string of the molecule is CC(C)COc1ccc(CC(=O)N2CCCCC2CNC(=O)CCN)cc1.Cl. The van der Waals surface area contributed by atoms with Crippen LogP contribution in [0.5, 0.6) is 5.75 Å². The van der Waals surface area contributed by atoms with Crippen LogP contribution in [0, 0.1) is 5.92 Å². The summed E-state index contributed by atoms with van der Waals surface area (Å²) >= 11 is 0. The predicted molar refractivity (Wildman–Crippen MR) is 114 cm³/mol. The molecule has 1 unspecified atom stereocenters. The van der Waals surface area contributed by atoms with Crippen molar-refractivity contribution in [2.75, 3.05) is 26.2 Å². The third-order valence-electron chi connectivity index (χ3n) is 4.72. The number of ether oxygens (including phenoxy) is 1. The summed E-state index contributed by atoms with van der Waals surface area (Å²) in [6, 6.07) is 7.82. The van der Waals surface area contributed by atoms with E-state index in [0.29, 0.717) is 38.5 Å². The highest BCUT2D eigenvalue weighted by Crippen LogP contribution is 2.19. The van der Waals surface area contributed by atoms with Gasteiger partial charge in [0.2, 0.25) is 11.8 Å². The predicted octanol–water partition coefficient (Wildman–Crippen LogP) is 2.53. The fraction of sp³-hybridized carbons (Fsp3) is 0.619. The first-order chi connectivity index (χ1) is 13.0. The zero-order valence-corrected chi connectivity index (χ0v) is 17.8. The molecule has 0 radical (unpaired) electrons. The number of carbonyl (C=O) groups excluding carboxylic acids is 2. The molecule has 1 fully saturated rings. The summed E-state index contributed by atoms with van der Waals surface area (Å²) in [6.07, 6.45) is 3.73. The highest BCUT2D eigenvalue weighted by atomic mass is 35.5. The first kappa shape index (κ1) is 24.2. The molecule has 28 heavy (non-hydrogen) atoms. The van der Waals surface area contributed by atoms with E-state index >= 15 is 0 Å². The Balaban J connectivity index is 0.00000392. The fourth-order valence-corrected chi connectivity index (χ4v) is 3.23. The van der Waals surface area contributed by atoms with E-state index in [-0.39, 0.29) is 30.3 Å². The fourth-order valence-electron chi connectivity index (χ4n) is 3.23. The summed E-state index contributed by atoms with van der Waals surface area (Å²) < 4.78 is 5.69. The molecule has 1 heterocycles. The number of likely N-dealkylation sites (tertiary alicyclic amines) is 1. The quantitative estimate of drug-likeness (QED) is 0.653. The van der Waals surface area contributed by atoms with Crippen molar-refractivity contribution in [2.45, 2.75) is 52.0 Å². The average Bonchev–Trinajstić information content (AvgIpc) is 2.66. The minimum atomic E-state index is -0.0486. The van der Waals surface area contributed by atoms with Crippen LogP contribution in [0.15, 0.2) is 24.3 Å². The number of nitrogens with one attached hydrogen (secondary N) is 1. The van der Waals surface area contributed by atoms with Gasteiger partial charge in [-0.05, 0) is 42.9 Å². The standard InChI is InChI=1S/C21H33N3O3.ClH/c1-16(2)15-27-19-8-6-17(7-9-19)13-21(26)24-12-4-3-5-18(24)14-23-20(25)10-11-22;/h6-9,16,18H,3-5,10-15,22H2,1-2H3,(H,23,25);1H. The van der Waals surface area contributed by atoms with Gasteiger partial charge in [0.1, 0.15) is 5.75 Å². The van der Waals surface area contributed by atoms with Gasteiger partial charge in [-0.3, -0.25) is 9.59 Å². The Labute approximate surface area is 174 Å². The van der Waals surface area contributed by atoms with Gasteiger partial charge >= 0.3 is 0 Å². The second kappa shape index (κ2) is 12.6. The van der Waals surface area contributed by atoms with E-state index in [0.717, 1.165) is 37.1 Å². The number of piperidine rings is 1. The normalized spacial score (nSPS) is 16.4. The van der Waals surface area contributed by atoms with Gasteiger partial charge in [0, 0.05) is 32.1 Å². The summed E-state index contributed by atoms with van der Waals surface area (Å²) in [6.45, 7) is 6.51. The number of benzene rings is 1. The molecular formula is C21H34ClN3O3. The smallest absolute Gasteiger partial charge is 0.227 e. The van der Waals surface area contributed by atoms with Gasteiger partial charge in [-0.15, -0.1) is 12.4 Å². The van der Waals surface area contributed by atoms with Gasteiger partial charge in [-0.2, -0.15) is 0 Å². The van der Waals surface area contributed by atoms with E-state index in [1.807, 2.05) is 29.2 Å². The topological polar surface area (TPSA) is 84.7 Å². The molecule has 0 aliphatic carbocycles. The summed E-state index contributed by atoms with van der Waals surface area (Å²) in [4.78, 5) is 26.4. The molecule has 6 nitrogen and oxygen atoms in total. The number of nitrogens with zero attached hydrogens (tertiary/aromatic N) is 1. The number of nitrogens with two attached hydrogens (primary N) is 1. The molecular weight excluding hydrogens is 378 g/mol. The molecule has 1 aromatic carbocycles. The lowest BCUT2D eigenvalue weighted by molar-refractivity contribution is -0.134. The van der Waals surface area contributed by atoms with Crippen molar-refractivity contribution in [3.05, 3.63) is 29.8 Å². The van der Waals surface area contributed by atoms with Crippen LogP contribution in [-0.2, 0) is 16.0 Å². The van der Waals surface area contributed by atoms with E-state index < -0.39 is 0 Å². The van der Waals surface area contributed by atoms with Gasteiger partial charge in [-0.1, -0.05) is 26.0 Å². The van der Waals surface area contributed by atoms with Crippen molar-refractivity contribution in [1.29, 1.82) is 0 Å². The Hall–Kier alpha value is -1.79. The van der Waals surface area contributed by atoms with Crippen LogP contribution in [0.4, 0.5) is 0 Å². The van der Waals surface area contributed by atoms with Crippen LogP contribution < -0.4 is 15.8 Å². The van der Waals surface area contributed by atoms with Crippen molar-refractivity contribution >= 4 is 24.2 Å². The molecule has 2 amide bonds. The third-order valence-corrected chi connectivity index (χ3v) is 4.72. The number of carbonyl (C=O) groups is 2. The second-order valence-electron chi connectivity index (χ2n) is 7.61. The lowest BCUT2D eigenvalue weighted by Gasteiger charge is -2.36. The molecule has 0 saturated carbocycles. The maximum absolute atomic E-state index is 12.8. The van der Waals surface area contributed by atoms with E-state index in [1.54, 1.807) is 0 Å². The molecule has 2 rings (SSSR count).